The third kappa shape index (κ3) is 6.79. The van der Waals surface area contributed by atoms with Gasteiger partial charge in [0.25, 0.3) is 0 Å². The molecule has 4 N–H and O–H groups in total. The van der Waals surface area contributed by atoms with E-state index in [1.165, 1.54) is 19.3 Å². The second-order valence-electron chi connectivity index (χ2n) is 5.12. The van der Waals surface area contributed by atoms with Gasteiger partial charge in [-0.3, -0.25) is 4.79 Å². The zero-order valence-corrected chi connectivity index (χ0v) is 12.6. The van der Waals surface area contributed by atoms with E-state index in [1.807, 2.05) is 12.1 Å². The van der Waals surface area contributed by atoms with Gasteiger partial charge >= 0.3 is 0 Å². The zero-order chi connectivity index (χ0) is 15.5. The normalized spacial score (nSPS) is 11.4. The van der Waals surface area contributed by atoms with Crippen LogP contribution in [0.2, 0.25) is 0 Å². The van der Waals surface area contributed by atoms with Crippen molar-refractivity contribution in [1.82, 2.24) is 5.32 Å². The Morgan fingerprint density at radius 2 is 1.86 bits per heavy atom. The maximum Gasteiger partial charge on any atom is 0.220 e. The van der Waals surface area contributed by atoms with Crippen molar-refractivity contribution in [3.63, 3.8) is 0 Å². The fraction of sp³-hybridized carbons (Fsp3) is 0.500. The molecule has 0 aliphatic heterocycles. The molecule has 0 bridgehead atoms. The van der Waals surface area contributed by atoms with E-state index in [4.69, 9.17) is 10.9 Å². The fourth-order valence-corrected chi connectivity index (χ4v) is 2.03. The Balaban J connectivity index is 2.26. The van der Waals surface area contributed by atoms with Gasteiger partial charge in [-0.25, -0.2) is 0 Å². The molecule has 1 aromatic rings. The Morgan fingerprint density at radius 3 is 2.48 bits per heavy atom. The van der Waals surface area contributed by atoms with Gasteiger partial charge in [0.15, 0.2) is 5.84 Å². The number of unbranched alkanes of at least 4 members (excludes halogenated alkanes) is 4. The third-order valence-corrected chi connectivity index (χ3v) is 3.35. The van der Waals surface area contributed by atoms with Crippen molar-refractivity contribution in [2.75, 3.05) is 0 Å². The number of nitrogens with one attached hydrogen (secondary N) is 1. The van der Waals surface area contributed by atoms with Crippen molar-refractivity contribution in [3.8, 4) is 0 Å². The molecule has 0 aromatic heterocycles. The second kappa shape index (κ2) is 9.80. The van der Waals surface area contributed by atoms with E-state index in [0.717, 1.165) is 18.4 Å². The maximum absolute atomic E-state index is 11.7. The first-order valence-corrected chi connectivity index (χ1v) is 7.51. The lowest BCUT2D eigenvalue weighted by Gasteiger charge is -2.06. The molecule has 0 spiro atoms. The zero-order valence-electron chi connectivity index (χ0n) is 12.6. The molecule has 0 unspecified atom stereocenters. The first-order chi connectivity index (χ1) is 10.2. The first-order valence-electron chi connectivity index (χ1n) is 7.51. The molecule has 5 heteroatoms. The molecule has 0 radical (unpaired) electrons. The summed E-state index contributed by atoms with van der Waals surface area (Å²) in [4.78, 5) is 11.7. The lowest BCUT2D eigenvalue weighted by atomic mass is 10.1. The van der Waals surface area contributed by atoms with Crippen molar-refractivity contribution >= 4 is 11.7 Å². The van der Waals surface area contributed by atoms with Crippen LogP contribution in [-0.4, -0.2) is 17.0 Å². The second-order valence-corrected chi connectivity index (χ2v) is 5.12. The minimum absolute atomic E-state index is 0.0812. The minimum atomic E-state index is 0.0812. The average molecular weight is 291 g/mol. The van der Waals surface area contributed by atoms with E-state index in [9.17, 15) is 4.79 Å². The fourth-order valence-electron chi connectivity index (χ4n) is 2.03. The molecule has 1 rings (SSSR count). The number of nitrogens with two attached hydrogens (primary N) is 1. The van der Waals surface area contributed by atoms with E-state index >= 15 is 0 Å². The van der Waals surface area contributed by atoms with Crippen LogP contribution in [0.25, 0.3) is 0 Å². The van der Waals surface area contributed by atoms with E-state index in [1.54, 1.807) is 12.1 Å². The van der Waals surface area contributed by atoms with Crippen LogP contribution in [0.1, 0.15) is 56.6 Å². The largest absolute Gasteiger partial charge is 0.409 e. The Morgan fingerprint density at radius 1 is 1.19 bits per heavy atom. The average Bonchev–Trinajstić information content (AvgIpc) is 2.52. The van der Waals surface area contributed by atoms with Crippen LogP contribution in [-0.2, 0) is 11.3 Å². The smallest absolute Gasteiger partial charge is 0.220 e. The molecule has 0 saturated heterocycles. The molecule has 0 heterocycles. The van der Waals surface area contributed by atoms with E-state index in [2.05, 4.69) is 17.4 Å². The van der Waals surface area contributed by atoms with Gasteiger partial charge in [-0.05, 0) is 12.0 Å². The van der Waals surface area contributed by atoms with Gasteiger partial charge in [0.05, 0.1) is 0 Å². The van der Waals surface area contributed by atoms with E-state index in [-0.39, 0.29) is 11.7 Å². The number of rotatable bonds is 9. The highest BCUT2D eigenvalue weighted by Gasteiger charge is 2.02. The molecule has 5 nitrogen and oxygen atoms in total. The van der Waals surface area contributed by atoms with Crippen molar-refractivity contribution in [2.24, 2.45) is 10.9 Å². The summed E-state index contributed by atoms with van der Waals surface area (Å²) in [5.74, 6) is 0.171. The van der Waals surface area contributed by atoms with Gasteiger partial charge in [0.2, 0.25) is 5.91 Å². The molecule has 0 atom stereocenters. The predicted molar refractivity (Wildman–Crippen MR) is 84.2 cm³/mol. The summed E-state index contributed by atoms with van der Waals surface area (Å²) in [7, 11) is 0. The van der Waals surface area contributed by atoms with E-state index < -0.39 is 0 Å². The molecular weight excluding hydrogens is 266 g/mol. The maximum atomic E-state index is 11.7. The van der Waals surface area contributed by atoms with Gasteiger partial charge < -0.3 is 16.3 Å². The quantitative estimate of drug-likeness (QED) is 0.215. The van der Waals surface area contributed by atoms with Crippen LogP contribution in [0.5, 0.6) is 0 Å². The number of oxime groups is 1. The lowest BCUT2D eigenvalue weighted by molar-refractivity contribution is -0.121. The SMILES string of the molecule is CCCCCCCC(=O)NCc1ccc(C(N)=NO)cc1. The summed E-state index contributed by atoms with van der Waals surface area (Å²) >= 11 is 0. The molecular formula is C16H25N3O2. The van der Waals surface area contributed by atoms with Gasteiger partial charge in [-0.2, -0.15) is 0 Å². The highest BCUT2D eigenvalue weighted by Crippen LogP contribution is 2.06. The topological polar surface area (TPSA) is 87.7 Å². The van der Waals surface area contributed by atoms with Gasteiger partial charge in [0, 0.05) is 18.5 Å². The van der Waals surface area contributed by atoms with Crippen LogP contribution >= 0.6 is 0 Å². The van der Waals surface area contributed by atoms with Crippen LogP contribution < -0.4 is 11.1 Å². The number of hydrogen-bond donors (Lipinski definition) is 3. The lowest BCUT2D eigenvalue weighted by Crippen LogP contribution is -2.22. The molecule has 0 saturated carbocycles. The van der Waals surface area contributed by atoms with Crippen LogP contribution in [0.3, 0.4) is 0 Å². The summed E-state index contributed by atoms with van der Waals surface area (Å²) in [5.41, 5.74) is 7.13. The number of carbonyl (C=O) groups is 1. The minimum Gasteiger partial charge on any atom is -0.409 e. The molecule has 0 aliphatic carbocycles. The number of carbonyl (C=O) groups excluding carboxylic acids is 1. The Bertz CT molecular complexity index is 455. The van der Waals surface area contributed by atoms with Crippen molar-refractivity contribution in [1.29, 1.82) is 0 Å². The number of amides is 1. The summed E-state index contributed by atoms with van der Waals surface area (Å²) < 4.78 is 0. The number of benzene rings is 1. The third-order valence-electron chi connectivity index (χ3n) is 3.35. The summed E-state index contributed by atoms with van der Waals surface area (Å²) in [5, 5.41) is 14.4. The highest BCUT2D eigenvalue weighted by atomic mass is 16.4. The van der Waals surface area contributed by atoms with Crippen LogP contribution in [0, 0.1) is 0 Å². The Labute approximate surface area is 126 Å². The van der Waals surface area contributed by atoms with Gasteiger partial charge in [0.1, 0.15) is 0 Å². The van der Waals surface area contributed by atoms with E-state index in [0.29, 0.717) is 18.5 Å². The summed E-state index contributed by atoms with van der Waals surface area (Å²) in [6.07, 6.45) is 6.33. The molecule has 116 valence electrons. The van der Waals surface area contributed by atoms with Crippen molar-refractivity contribution in [3.05, 3.63) is 35.4 Å². The van der Waals surface area contributed by atoms with Gasteiger partial charge in [-0.1, -0.05) is 62.0 Å². The summed E-state index contributed by atoms with van der Waals surface area (Å²) in [6, 6.07) is 7.24. The molecule has 1 aromatic carbocycles. The predicted octanol–water partition coefficient (Wildman–Crippen LogP) is 2.76. The Kier molecular flexibility index (Phi) is 7.94. The number of nitrogens with zero attached hydrogens (tertiary/aromatic N) is 1. The van der Waals surface area contributed by atoms with Crippen molar-refractivity contribution < 1.29 is 10.0 Å². The van der Waals surface area contributed by atoms with Crippen LogP contribution in [0.15, 0.2) is 29.4 Å². The Hall–Kier alpha value is -2.04. The highest BCUT2D eigenvalue weighted by molar-refractivity contribution is 5.96. The van der Waals surface area contributed by atoms with Crippen LogP contribution in [0.4, 0.5) is 0 Å². The number of amidine groups is 1. The summed E-state index contributed by atoms with van der Waals surface area (Å²) in [6.45, 7) is 2.68. The number of hydrogen-bond acceptors (Lipinski definition) is 3. The molecule has 1 amide bonds. The first kappa shape index (κ1) is 17.0. The molecule has 0 aliphatic rings. The monoisotopic (exact) mass is 291 g/mol. The van der Waals surface area contributed by atoms with Gasteiger partial charge in [-0.15, -0.1) is 0 Å². The molecule has 21 heavy (non-hydrogen) atoms. The van der Waals surface area contributed by atoms with Crippen molar-refractivity contribution in [2.45, 2.75) is 52.0 Å². The standard InChI is InChI=1S/C16H25N3O2/c1-2-3-4-5-6-7-15(20)18-12-13-8-10-14(11-9-13)16(17)19-21/h8-11,21H,2-7,12H2,1H3,(H2,17,19)(H,18,20). The molecule has 0 fully saturated rings.